The average molecular weight is 758 g/mol. The van der Waals surface area contributed by atoms with Gasteiger partial charge in [0.05, 0.1) is 11.9 Å². The molecule has 0 spiro atoms. The zero-order valence-electron chi connectivity index (χ0n) is 26.3. The summed E-state index contributed by atoms with van der Waals surface area (Å²) in [6.45, 7) is -0.863. The molecule has 4 heterocycles. The molecule has 16 heteroatoms. The summed E-state index contributed by atoms with van der Waals surface area (Å²) in [5.74, 6) is -0.124. The number of piperidine rings is 1. The number of aromatic nitrogens is 5. The van der Waals surface area contributed by atoms with Crippen LogP contribution in [0.15, 0.2) is 77.8 Å². The van der Waals surface area contributed by atoms with E-state index in [0.29, 0.717) is 31.4 Å². The van der Waals surface area contributed by atoms with Crippen molar-refractivity contribution in [3.8, 4) is 22.8 Å². The molecule has 5 aromatic rings. The Hall–Kier alpha value is -4.60. The number of amides is 2. The Morgan fingerprint density at radius 3 is 2.69 bits per heavy atom. The molecule has 0 unspecified atom stereocenters. The van der Waals surface area contributed by atoms with Crippen LogP contribution in [-0.4, -0.2) is 91.9 Å². The van der Waals surface area contributed by atoms with Gasteiger partial charge >= 0.3 is 6.61 Å². The molecule has 1 saturated heterocycles. The molecule has 0 aliphatic carbocycles. The highest BCUT2D eigenvalue weighted by molar-refractivity contribution is 9.10. The van der Waals surface area contributed by atoms with Crippen molar-refractivity contribution in [3.63, 3.8) is 0 Å². The lowest BCUT2D eigenvalue weighted by molar-refractivity contribution is -0.133. The molecule has 1 N–H and O–H groups in total. The third kappa shape index (κ3) is 8.35. The van der Waals surface area contributed by atoms with Crippen LogP contribution in [0.25, 0.3) is 16.9 Å². The monoisotopic (exact) mass is 756 g/mol. The van der Waals surface area contributed by atoms with Crippen LogP contribution in [0.5, 0.6) is 11.5 Å². The standard InChI is InChI=1S/C33H32BrClF2N8O4/c1-42(15-16-48-24-6-3-21(34)4-7-24)23-9-13-43(14-10-23)29(46)20-44-19-27(40-32(47)26-18-39-45-12-2-11-38-31(26)45)30(41-44)25-17-22(35)5-8-28(25)49-33(36)37/h2-8,11-12,17-19,23,33H,9-10,13-16,20H2,1H3,(H,40,47). The minimum absolute atomic E-state index is 0.0921. The van der Waals surface area contributed by atoms with Crippen LogP contribution in [-0.2, 0) is 11.3 Å². The van der Waals surface area contributed by atoms with Crippen LogP contribution in [0.2, 0.25) is 5.02 Å². The highest BCUT2D eigenvalue weighted by Crippen LogP contribution is 2.37. The number of nitrogens with one attached hydrogen (secondary N) is 1. The second-order valence-corrected chi connectivity index (χ2v) is 12.8. The van der Waals surface area contributed by atoms with Crippen molar-refractivity contribution in [2.75, 3.05) is 38.6 Å². The van der Waals surface area contributed by atoms with Crippen LogP contribution in [0.4, 0.5) is 14.5 Å². The number of fused-ring (bicyclic) bond motifs is 1. The smallest absolute Gasteiger partial charge is 0.387 e. The van der Waals surface area contributed by atoms with Crippen LogP contribution >= 0.6 is 27.5 Å². The van der Waals surface area contributed by atoms with Crippen molar-refractivity contribution in [3.05, 3.63) is 88.4 Å². The summed E-state index contributed by atoms with van der Waals surface area (Å²) in [6.07, 6.45) is 7.60. The fourth-order valence-corrected chi connectivity index (χ4v) is 6.11. The molecule has 1 fully saturated rings. The molecule has 256 valence electrons. The van der Waals surface area contributed by atoms with Gasteiger partial charge in [-0.05, 0) is 68.4 Å². The number of nitrogens with zero attached hydrogens (tertiary/aromatic N) is 7. The maximum absolute atomic E-state index is 13.5. The Morgan fingerprint density at radius 1 is 1.16 bits per heavy atom. The van der Waals surface area contributed by atoms with Gasteiger partial charge in [-0.3, -0.25) is 19.2 Å². The van der Waals surface area contributed by atoms with E-state index in [9.17, 15) is 18.4 Å². The highest BCUT2D eigenvalue weighted by atomic mass is 79.9. The fraction of sp³-hybridized carbons (Fsp3) is 0.303. The van der Waals surface area contributed by atoms with Crippen molar-refractivity contribution < 1.29 is 27.8 Å². The van der Waals surface area contributed by atoms with E-state index in [2.05, 4.69) is 48.4 Å². The summed E-state index contributed by atoms with van der Waals surface area (Å²) in [5.41, 5.74) is 0.854. The lowest BCUT2D eigenvalue weighted by Gasteiger charge is -2.36. The maximum atomic E-state index is 13.5. The topological polar surface area (TPSA) is 119 Å². The van der Waals surface area contributed by atoms with Gasteiger partial charge in [0, 0.05) is 59.3 Å². The summed E-state index contributed by atoms with van der Waals surface area (Å²) >= 11 is 9.66. The van der Waals surface area contributed by atoms with Gasteiger partial charge in [-0.1, -0.05) is 27.5 Å². The first-order valence-electron chi connectivity index (χ1n) is 15.4. The molecule has 6 rings (SSSR count). The van der Waals surface area contributed by atoms with Crippen LogP contribution in [0, 0.1) is 0 Å². The zero-order chi connectivity index (χ0) is 34.5. The average Bonchev–Trinajstić information content (AvgIpc) is 3.70. The molecule has 0 saturated carbocycles. The molecule has 0 atom stereocenters. The third-order valence-corrected chi connectivity index (χ3v) is 8.97. The van der Waals surface area contributed by atoms with E-state index in [1.807, 2.05) is 24.3 Å². The number of carbonyl (C=O) groups is 2. The fourth-order valence-electron chi connectivity index (χ4n) is 5.67. The molecule has 12 nitrogen and oxygen atoms in total. The van der Waals surface area contributed by atoms with Crippen molar-refractivity contribution in [1.29, 1.82) is 0 Å². The third-order valence-electron chi connectivity index (χ3n) is 8.21. The first-order chi connectivity index (χ1) is 23.6. The molecule has 3 aromatic heterocycles. The Bertz CT molecular complexity index is 1930. The zero-order valence-corrected chi connectivity index (χ0v) is 28.6. The second kappa shape index (κ2) is 15.3. The number of likely N-dealkylation sites (tertiary alicyclic amines) is 1. The molecular weight excluding hydrogens is 726 g/mol. The molecule has 2 amide bonds. The van der Waals surface area contributed by atoms with Gasteiger partial charge in [0.15, 0.2) is 5.65 Å². The van der Waals surface area contributed by atoms with E-state index in [1.165, 1.54) is 46.0 Å². The number of carbonyl (C=O) groups excluding carboxylic acids is 2. The largest absolute Gasteiger partial charge is 0.492 e. The van der Waals surface area contributed by atoms with Crippen molar-refractivity contribution in [2.24, 2.45) is 0 Å². The molecule has 49 heavy (non-hydrogen) atoms. The number of anilines is 1. The number of hydrogen-bond acceptors (Lipinski definition) is 8. The minimum Gasteiger partial charge on any atom is -0.492 e. The maximum Gasteiger partial charge on any atom is 0.387 e. The number of benzene rings is 2. The summed E-state index contributed by atoms with van der Waals surface area (Å²) in [4.78, 5) is 35.1. The van der Waals surface area contributed by atoms with Crippen LogP contribution in [0.3, 0.4) is 0 Å². The first kappa shape index (κ1) is 34.3. The number of ether oxygens (including phenoxy) is 2. The van der Waals surface area contributed by atoms with E-state index in [-0.39, 0.29) is 45.7 Å². The molecule has 2 aromatic carbocycles. The quantitative estimate of drug-likeness (QED) is 0.168. The molecule has 1 aliphatic heterocycles. The van der Waals surface area contributed by atoms with E-state index in [0.717, 1.165) is 29.6 Å². The number of halogens is 4. The van der Waals surface area contributed by atoms with E-state index < -0.39 is 12.5 Å². The van der Waals surface area contributed by atoms with Gasteiger partial charge < -0.3 is 19.7 Å². The number of rotatable bonds is 12. The van der Waals surface area contributed by atoms with Crippen molar-refractivity contribution in [1.82, 2.24) is 34.2 Å². The molecule has 1 aliphatic rings. The van der Waals surface area contributed by atoms with Crippen molar-refractivity contribution >= 4 is 50.7 Å². The lowest BCUT2D eigenvalue weighted by atomic mass is 10.0. The van der Waals surface area contributed by atoms with Crippen LogP contribution in [0.1, 0.15) is 23.2 Å². The van der Waals surface area contributed by atoms with E-state index in [1.54, 1.807) is 17.2 Å². The summed E-state index contributed by atoms with van der Waals surface area (Å²) < 4.78 is 41.1. The van der Waals surface area contributed by atoms with E-state index in [4.69, 9.17) is 21.1 Å². The van der Waals surface area contributed by atoms with Crippen LogP contribution < -0.4 is 14.8 Å². The summed E-state index contributed by atoms with van der Waals surface area (Å²) in [5, 5.41) is 11.7. The number of hydrogen-bond donors (Lipinski definition) is 1. The van der Waals surface area contributed by atoms with Gasteiger partial charge in [0.25, 0.3) is 5.91 Å². The highest BCUT2D eigenvalue weighted by Gasteiger charge is 2.27. The van der Waals surface area contributed by atoms with Crippen molar-refractivity contribution in [2.45, 2.75) is 32.0 Å². The van der Waals surface area contributed by atoms with Gasteiger partial charge in [0.1, 0.15) is 35.9 Å². The summed E-state index contributed by atoms with van der Waals surface area (Å²) in [7, 11) is 2.05. The van der Waals surface area contributed by atoms with Gasteiger partial charge in [-0.25, -0.2) is 9.50 Å². The first-order valence-corrected chi connectivity index (χ1v) is 16.6. The number of likely N-dealkylation sites (N-methyl/N-ethyl adjacent to an activating group) is 1. The lowest BCUT2D eigenvalue weighted by Crippen LogP contribution is -2.47. The SMILES string of the molecule is CN(CCOc1ccc(Br)cc1)C1CCN(C(=O)Cn2cc(NC(=O)c3cnn4cccnc34)c(-c3cc(Cl)ccc3OC(F)F)n2)CC1. The molecule has 0 bridgehead atoms. The Morgan fingerprint density at radius 2 is 1.94 bits per heavy atom. The number of alkyl halides is 2. The van der Waals surface area contributed by atoms with Gasteiger partial charge in [-0.2, -0.15) is 19.0 Å². The predicted molar refractivity (Wildman–Crippen MR) is 182 cm³/mol. The Balaban J connectivity index is 1.14. The molecule has 0 radical (unpaired) electrons. The summed E-state index contributed by atoms with van der Waals surface area (Å²) in [6, 6.07) is 13.8. The second-order valence-electron chi connectivity index (χ2n) is 11.4. The van der Waals surface area contributed by atoms with Gasteiger partial charge in [0.2, 0.25) is 5.91 Å². The minimum atomic E-state index is -3.12. The Kier molecular flexibility index (Phi) is 10.7. The van der Waals surface area contributed by atoms with Gasteiger partial charge in [-0.15, -0.1) is 0 Å². The van der Waals surface area contributed by atoms with E-state index >= 15 is 0 Å². The Labute approximate surface area is 293 Å². The molecular formula is C33H32BrClF2N8O4. The normalized spacial score (nSPS) is 13.7. The predicted octanol–water partition coefficient (Wildman–Crippen LogP) is 5.86.